The Balaban J connectivity index is 2.54. The molecule has 0 saturated heterocycles. The molecule has 0 spiro atoms. The summed E-state index contributed by atoms with van der Waals surface area (Å²) in [6, 6.07) is 4.22. The monoisotopic (exact) mass is 213 g/mol. The Morgan fingerprint density at radius 1 is 1.33 bits per heavy atom. The summed E-state index contributed by atoms with van der Waals surface area (Å²) in [5.41, 5.74) is 0. The number of ether oxygens (including phenoxy) is 2. The maximum absolute atomic E-state index is 12.9. The summed E-state index contributed by atoms with van der Waals surface area (Å²) < 4.78 is 23.3. The number of rotatable bonds is 6. The molecule has 0 amide bonds. The van der Waals surface area contributed by atoms with Crippen molar-refractivity contribution in [2.45, 2.75) is 6.92 Å². The average molecular weight is 213 g/mol. The molecule has 1 rings (SSSR count). The van der Waals surface area contributed by atoms with Gasteiger partial charge in [0.05, 0.1) is 7.11 Å². The van der Waals surface area contributed by atoms with E-state index in [0.717, 1.165) is 13.1 Å². The third-order valence-corrected chi connectivity index (χ3v) is 1.91. The van der Waals surface area contributed by atoms with Crippen molar-refractivity contribution >= 4 is 0 Å². The van der Waals surface area contributed by atoms with Crippen molar-refractivity contribution in [3.63, 3.8) is 0 Å². The third-order valence-electron chi connectivity index (χ3n) is 1.91. The Hall–Kier alpha value is -1.29. The second-order valence-electron chi connectivity index (χ2n) is 3.00. The van der Waals surface area contributed by atoms with Gasteiger partial charge in [0.1, 0.15) is 12.4 Å². The van der Waals surface area contributed by atoms with Crippen molar-refractivity contribution in [3.8, 4) is 11.5 Å². The van der Waals surface area contributed by atoms with E-state index in [2.05, 4.69) is 5.32 Å². The van der Waals surface area contributed by atoms with Crippen LogP contribution in [0.5, 0.6) is 11.5 Å². The van der Waals surface area contributed by atoms with Crippen molar-refractivity contribution in [1.29, 1.82) is 0 Å². The fourth-order valence-corrected chi connectivity index (χ4v) is 1.17. The number of benzene rings is 1. The van der Waals surface area contributed by atoms with Gasteiger partial charge >= 0.3 is 0 Å². The molecule has 0 aromatic heterocycles. The number of likely N-dealkylation sites (N-methyl/N-ethyl adjacent to an activating group) is 1. The number of methoxy groups -OCH3 is 1. The Labute approximate surface area is 89.2 Å². The van der Waals surface area contributed by atoms with Gasteiger partial charge in [-0.05, 0) is 18.7 Å². The summed E-state index contributed by atoms with van der Waals surface area (Å²) in [6.45, 7) is 4.14. The minimum Gasteiger partial charge on any atom is -0.493 e. The second-order valence-corrected chi connectivity index (χ2v) is 3.00. The summed E-state index contributed by atoms with van der Waals surface area (Å²) in [6.07, 6.45) is 0. The zero-order valence-corrected chi connectivity index (χ0v) is 9.05. The van der Waals surface area contributed by atoms with Gasteiger partial charge < -0.3 is 14.8 Å². The summed E-state index contributed by atoms with van der Waals surface area (Å²) >= 11 is 0. The molecule has 0 aliphatic heterocycles. The maximum Gasteiger partial charge on any atom is 0.164 e. The first-order valence-electron chi connectivity index (χ1n) is 4.95. The van der Waals surface area contributed by atoms with Crippen LogP contribution < -0.4 is 14.8 Å². The molecule has 0 radical (unpaired) electrons. The molecule has 3 nitrogen and oxygen atoms in total. The van der Waals surface area contributed by atoms with Crippen LogP contribution in [0.2, 0.25) is 0 Å². The highest BCUT2D eigenvalue weighted by Crippen LogP contribution is 2.27. The van der Waals surface area contributed by atoms with E-state index in [0.29, 0.717) is 18.1 Å². The summed E-state index contributed by atoms with van der Waals surface area (Å²) in [4.78, 5) is 0. The van der Waals surface area contributed by atoms with Crippen molar-refractivity contribution < 1.29 is 13.9 Å². The predicted molar refractivity (Wildman–Crippen MR) is 57.0 cm³/mol. The average Bonchev–Trinajstić information content (AvgIpc) is 2.25. The molecule has 0 saturated carbocycles. The molecule has 4 heteroatoms. The first-order valence-corrected chi connectivity index (χ1v) is 4.95. The fourth-order valence-electron chi connectivity index (χ4n) is 1.17. The summed E-state index contributed by atoms with van der Waals surface area (Å²) in [5.74, 6) is 0.664. The topological polar surface area (TPSA) is 30.5 Å². The van der Waals surface area contributed by atoms with Crippen LogP contribution in [0, 0.1) is 5.82 Å². The van der Waals surface area contributed by atoms with Crippen LogP contribution in [0.25, 0.3) is 0 Å². The fraction of sp³-hybridized carbons (Fsp3) is 0.455. The van der Waals surface area contributed by atoms with E-state index >= 15 is 0 Å². The lowest BCUT2D eigenvalue weighted by Gasteiger charge is -2.10. The van der Waals surface area contributed by atoms with Crippen LogP contribution >= 0.6 is 0 Å². The van der Waals surface area contributed by atoms with Gasteiger partial charge in [0.15, 0.2) is 11.5 Å². The lowest BCUT2D eigenvalue weighted by atomic mass is 10.3. The first-order chi connectivity index (χ1) is 7.27. The molecule has 1 N–H and O–H groups in total. The molecule has 1 aromatic carbocycles. The highest BCUT2D eigenvalue weighted by molar-refractivity contribution is 5.39. The van der Waals surface area contributed by atoms with Crippen molar-refractivity contribution in [3.05, 3.63) is 24.0 Å². The van der Waals surface area contributed by atoms with Gasteiger partial charge in [-0.1, -0.05) is 6.92 Å². The predicted octanol–water partition coefficient (Wildman–Crippen LogP) is 1.82. The Morgan fingerprint density at radius 2 is 2.13 bits per heavy atom. The van der Waals surface area contributed by atoms with Crippen LogP contribution in [0.15, 0.2) is 18.2 Å². The molecule has 0 bridgehead atoms. The second kappa shape index (κ2) is 6.24. The smallest absolute Gasteiger partial charge is 0.164 e. The van der Waals surface area contributed by atoms with Crippen LogP contribution in [-0.2, 0) is 0 Å². The van der Waals surface area contributed by atoms with Crippen LogP contribution in [0.1, 0.15) is 6.92 Å². The van der Waals surface area contributed by atoms with Gasteiger partial charge in [0, 0.05) is 12.6 Å². The highest BCUT2D eigenvalue weighted by atomic mass is 19.1. The van der Waals surface area contributed by atoms with Gasteiger partial charge in [-0.15, -0.1) is 0 Å². The molecular weight excluding hydrogens is 197 g/mol. The molecular formula is C11H16FNO2. The summed E-state index contributed by atoms with van der Waals surface area (Å²) in [5, 5.41) is 3.11. The number of halogens is 1. The largest absolute Gasteiger partial charge is 0.493 e. The summed E-state index contributed by atoms with van der Waals surface area (Å²) in [7, 11) is 1.53. The highest BCUT2D eigenvalue weighted by Gasteiger charge is 2.04. The minimum atomic E-state index is -0.325. The molecule has 1 aromatic rings. The standard InChI is InChI=1S/C11H16FNO2/c1-3-13-6-7-15-11-8-9(12)4-5-10(11)14-2/h4-5,8,13H,3,6-7H2,1-2H3. The van der Waals surface area contributed by atoms with E-state index in [4.69, 9.17) is 9.47 Å². The molecule has 0 aliphatic carbocycles. The zero-order chi connectivity index (χ0) is 11.1. The van der Waals surface area contributed by atoms with Gasteiger partial charge in [-0.3, -0.25) is 0 Å². The van der Waals surface area contributed by atoms with Gasteiger partial charge in [0.25, 0.3) is 0 Å². The van der Waals surface area contributed by atoms with Crippen molar-refractivity contribution in [1.82, 2.24) is 5.32 Å². The molecule has 0 heterocycles. The molecule has 0 unspecified atom stereocenters. The van der Waals surface area contributed by atoms with Crippen LogP contribution in [0.4, 0.5) is 4.39 Å². The van der Waals surface area contributed by atoms with E-state index in [1.807, 2.05) is 6.92 Å². The van der Waals surface area contributed by atoms with Crippen LogP contribution in [-0.4, -0.2) is 26.8 Å². The van der Waals surface area contributed by atoms with Crippen LogP contribution in [0.3, 0.4) is 0 Å². The van der Waals surface area contributed by atoms with Crippen molar-refractivity contribution in [2.75, 3.05) is 26.8 Å². The molecule has 15 heavy (non-hydrogen) atoms. The molecule has 0 atom stereocenters. The molecule has 0 fully saturated rings. The number of hydrogen-bond acceptors (Lipinski definition) is 3. The number of nitrogens with one attached hydrogen (secondary N) is 1. The van der Waals surface area contributed by atoms with E-state index in [9.17, 15) is 4.39 Å². The minimum absolute atomic E-state index is 0.325. The maximum atomic E-state index is 12.9. The van der Waals surface area contributed by atoms with E-state index < -0.39 is 0 Å². The Bertz CT molecular complexity index is 305. The van der Waals surface area contributed by atoms with E-state index in [1.165, 1.54) is 19.2 Å². The zero-order valence-electron chi connectivity index (χ0n) is 9.05. The van der Waals surface area contributed by atoms with E-state index in [1.54, 1.807) is 6.07 Å². The third kappa shape index (κ3) is 3.75. The quantitative estimate of drug-likeness (QED) is 0.731. The normalized spacial score (nSPS) is 10.1. The lowest BCUT2D eigenvalue weighted by molar-refractivity contribution is 0.291. The SMILES string of the molecule is CCNCCOc1cc(F)ccc1OC. The number of hydrogen-bond donors (Lipinski definition) is 1. The van der Waals surface area contributed by atoms with Gasteiger partial charge in [-0.2, -0.15) is 0 Å². The molecule has 84 valence electrons. The molecule has 0 aliphatic rings. The first kappa shape index (κ1) is 11.8. The van der Waals surface area contributed by atoms with E-state index in [-0.39, 0.29) is 5.82 Å². The Morgan fingerprint density at radius 3 is 2.80 bits per heavy atom. The van der Waals surface area contributed by atoms with Crippen molar-refractivity contribution in [2.24, 2.45) is 0 Å². The van der Waals surface area contributed by atoms with Gasteiger partial charge in [0.2, 0.25) is 0 Å². The lowest BCUT2D eigenvalue weighted by Crippen LogP contribution is -2.20. The Kier molecular flexibility index (Phi) is 4.90. The van der Waals surface area contributed by atoms with Gasteiger partial charge in [-0.25, -0.2) is 4.39 Å².